The fraction of sp³-hybridized carbons (Fsp3) is 0.381. The van der Waals surface area contributed by atoms with Gasteiger partial charge in [0.15, 0.2) is 0 Å². The van der Waals surface area contributed by atoms with Crippen molar-refractivity contribution in [3.63, 3.8) is 0 Å². The summed E-state index contributed by atoms with van der Waals surface area (Å²) in [5, 5.41) is 0. The summed E-state index contributed by atoms with van der Waals surface area (Å²) in [5.74, 6) is -0.797. The first-order valence-electron chi connectivity index (χ1n) is 9.22. The SMILES string of the molecule is Cc1ccc(F)cc1C(=O)N(C)CCCC1CC(c2cccc(F)c2)NN1. The van der Waals surface area contributed by atoms with Crippen LogP contribution in [0.2, 0.25) is 0 Å². The summed E-state index contributed by atoms with van der Waals surface area (Å²) >= 11 is 0. The number of hydrazine groups is 1. The van der Waals surface area contributed by atoms with Crippen molar-refractivity contribution in [2.24, 2.45) is 0 Å². The van der Waals surface area contributed by atoms with Gasteiger partial charge in [-0.3, -0.25) is 15.6 Å². The Labute approximate surface area is 158 Å². The van der Waals surface area contributed by atoms with Crippen molar-refractivity contribution < 1.29 is 13.6 Å². The van der Waals surface area contributed by atoms with E-state index in [0.29, 0.717) is 12.1 Å². The summed E-state index contributed by atoms with van der Waals surface area (Å²) in [6.07, 6.45) is 2.58. The monoisotopic (exact) mass is 373 g/mol. The molecule has 0 aromatic heterocycles. The molecule has 2 atom stereocenters. The molecular weight excluding hydrogens is 348 g/mol. The molecule has 1 aliphatic heterocycles. The Morgan fingerprint density at radius 2 is 1.93 bits per heavy atom. The van der Waals surface area contributed by atoms with E-state index in [2.05, 4.69) is 10.9 Å². The molecule has 1 aliphatic rings. The summed E-state index contributed by atoms with van der Waals surface area (Å²) in [6.45, 7) is 2.40. The number of nitrogens with one attached hydrogen (secondary N) is 2. The van der Waals surface area contributed by atoms with Gasteiger partial charge >= 0.3 is 0 Å². The highest BCUT2D eigenvalue weighted by Gasteiger charge is 2.25. The van der Waals surface area contributed by atoms with Gasteiger partial charge in [-0.25, -0.2) is 8.78 Å². The minimum absolute atomic E-state index is 0.0833. The first-order valence-corrected chi connectivity index (χ1v) is 9.22. The largest absolute Gasteiger partial charge is 0.342 e. The molecule has 1 saturated heterocycles. The fourth-order valence-corrected chi connectivity index (χ4v) is 3.46. The maximum atomic E-state index is 13.4. The van der Waals surface area contributed by atoms with Crippen LogP contribution in [0.25, 0.3) is 0 Å². The van der Waals surface area contributed by atoms with Gasteiger partial charge in [0.1, 0.15) is 11.6 Å². The van der Waals surface area contributed by atoms with Gasteiger partial charge in [-0.1, -0.05) is 18.2 Å². The lowest BCUT2D eigenvalue weighted by Crippen LogP contribution is -2.32. The number of carbonyl (C=O) groups excluding carboxylic acids is 1. The van der Waals surface area contributed by atoms with E-state index in [9.17, 15) is 13.6 Å². The van der Waals surface area contributed by atoms with Crippen molar-refractivity contribution in [3.05, 3.63) is 70.8 Å². The molecule has 0 spiro atoms. The third-order valence-electron chi connectivity index (χ3n) is 5.06. The van der Waals surface area contributed by atoms with Crippen LogP contribution in [0.3, 0.4) is 0 Å². The summed E-state index contributed by atoms with van der Waals surface area (Å²) in [7, 11) is 1.74. The Morgan fingerprint density at radius 1 is 1.15 bits per heavy atom. The molecule has 1 amide bonds. The maximum absolute atomic E-state index is 13.4. The lowest BCUT2D eigenvalue weighted by Gasteiger charge is -2.19. The van der Waals surface area contributed by atoms with Gasteiger partial charge in [0.25, 0.3) is 5.91 Å². The number of carbonyl (C=O) groups is 1. The number of benzene rings is 2. The molecule has 6 heteroatoms. The number of halogens is 2. The topological polar surface area (TPSA) is 44.4 Å². The maximum Gasteiger partial charge on any atom is 0.253 e. The highest BCUT2D eigenvalue weighted by Crippen LogP contribution is 2.24. The average Bonchev–Trinajstić information content (AvgIpc) is 3.12. The minimum Gasteiger partial charge on any atom is -0.342 e. The first kappa shape index (κ1) is 19.5. The molecular formula is C21H25F2N3O. The molecule has 0 aliphatic carbocycles. The molecule has 2 N–H and O–H groups in total. The van der Waals surface area contributed by atoms with Crippen LogP contribution in [0.15, 0.2) is 42.5 Å². The number of aryl methyl sites for hydroxylation is 1. The zero-order valence-electron chi connectivity index (χ0n) is 15.6. The Balaban J connectivity index is 1.47. The van der Waals surface area contributed by atoms with Crippen LogP contribution in [0.5, 0.6) is 0 Å². The molecule has 3 rings (SSSR count). The van der Waals surface area contributed by atoms with Crippen molar-refractivity contribution >= 4 is 5.91 Å². The molecule has 2 aromatic carbocycles. The molecule has 2 unspecified atom stereocenters. The van der Waals surface area contributed by atoms with Crippen molar-refractivity contribution in [1.82, 2.24) is 15.8 Å². The Bertz CT molecular complexity index is 812. The number of hydrogen-bond donors (Lipinski definition) is 2. The van der Waals surface area contributed by atoms with Gasteiger partial charge in [-0.05, 0) is 61.6 Å². The van der Waals surface area contributed by atoms with E-state index in [4.69, 9.17) is 0 Å². The van der Waals surface area contributed by atoms with Crippen LogP contribution >= 0.6 is 0 Å². The smallest absolute Gasteiger partial charge is 0.253 e. The standard InChI is InChI=1S/C21H25F2N3O/c1-14-8-9-17(23)12-19(14)21(27)26(2)10-4-7-18-13-20(25-24-18)15-5-3-6-16(22)11-15/h3,5-6,8-9,11-12,18,20,24-25H,4,7,10,13H2,1-2H3. The van der Waals surface area contributed by atoms with Crippen LogP contribution in [-0.4, -0.2) is 30.4 Å². The third kappa shape index (κ3) is 4.90. The molecule has 4 nitrogen and oxygen atoms in total. The lowest BCUT2D eigenvalue weighted by atomic mass is 9.99. The lowest BCUT2D eigenvalue weighted by molar-refractivity contribution is 0.0790. The number of nitrogens with zero attached hydrogens (tertiary/aromatic N) is 1. The van der Waals surface area contributed by atoms with Gasteiger partial charge in [0.2, 0.25) is 0 Å². The second kappa shape index (κ2) is 8.59. The van der Waals surface area contributed by atoms with E-state index in [1.165, 1.54) is 18.2 Å². The molecule has 0 saturated carbocycles. The second-order valence-electron chi connectivity index (χ2n) is 7.16. The van der Waals surface area contributed by atoms with E-state index in [0.717, 1.165) is 30.4 Å². The zero-order chi connectivity index (χ0) is 19.4. The van der Waals surface area contributed by atoms with E-state index >= 15 is 0 Å². The van der Waals surface area contributed by atoms with E-state index in [-0.39, 0.29) is 23.8 Å². The highest BCUT2D eigenvalue weighted by molar-refractivity contribution is 5.95. The third-order valence-corrected chi connectivity index (χ3v) is 5.06. The Kier molecular flexibility index (Phi) is 6.19. The van der Waals surface area contributed by atoms with Gasteiger partial charge in [-0.2, -0.15) is 0 Å². The molecule has 1 heterocycles. The van der Waals surface area contributed by atoms with Crippen LogP contribution < -0.4 is 10.9 Å². The van der Waals surface area contributed by atoms with Crippen LogP contribution in [0, 0.1) is 18.6 Å². The quantitative estimate of drug-likeness (QED) is 0.811. The molecule has 2 aromatic rings. The number of hydrogen-bond acceptors (Lipinski definition) is 3. The Hall–Kier alpha value is -2.31. The van der Waals surface area contributed by atoms with Gasteiger partial charge in [-0.15, -0.1) is 0 Å². The summed E-state index contributed by atoms with van der Waals surface area (Å²) in [4.78, 5) is 14.1. The molecule has 27 heavy (non-hydrogen) atoms. The fourth-order valence-electron chi connectivity index (χ4n) is 3.46. The predicted molar refractivity (Wildman–Crippen MR) is 101 cm³/mol. The van der Waals surface area contributed by atoms with Crippen molar-refractivity contribution in [2.45, 2.75) is 38.3 Å². The summed E-state index contributed by atoms with van der Waals surface area (Å²) < 4.78 is 26.8. The van der Waals surface area contributed by atoms with Gasteiger partial charge in [0, 0.05) is 31.2 Å². The molecule has 0 radical (unpaired) electrons. The molecule has 1 fully saturated rings. The van der Waals surface area contributed by atoms with Gasteiger partial charge in [0.05, 0.1) is 0 Å². The van der Waals surface area contributed by atoms with Crippen molar-refractivity contribution in [1.29, 1.82) is 0 Å². The predicted octanol–water partition coefficient (Wildman–Crippen LogP) is 3.73. The molecule has 0 bridgehead atoms. The van der Waals surface area contributed by atoms with E-state index in [1.807, 2.05) is 6.07 Å². The van der Waals surface area contributed by atoms with Gasteiger partial charge < -0.3 is 4.90 Å². The molecule has 144 valence electrons. The number of amides is 1. The minimum atomic E-state index is -0.401. The summed E-state index contributed by atoms with van der Waals surface area (Å²) in [6, 6.07) is 11.2. The first-order chi connectivity index (χ1) is 12.9. The second-order valence-corrected chi connectivity index (χ2v) is 7.16. The zero-order valence-corrected chi connectivity index (χ0v) is 15.6. The van der Waals surface area contributed by atoms with Crippen LogP contribution in [0.1, 0.15) is 46.8 Å². The summed E-state index contributed by atoms with van der Waals surface area (Å²) in [5.41, 5.74) is 8.57. The van der Waals surface area contributed by atoms with Crippen molar-refractivity contribution in [2.75, 3.05) is 13.6 Å². The van der Waals surface area contributed by atoms with Crippen LogP contribution in [0.4, 0.5) is 8.78 Å². The van der Waals surface area contributed by atoms with Crippen molar-refractivity contribution in [3.8, 4) is 0 Å². The van der Waals surface area contributed by atoms with E-state index < -0.39 is 5.82 Å². The normalized spacial score (nSPS) is 19.3. The highest BCUT2D eigenvalue weighted by atomic mass is 19.1. The van der Waals surface area contributed by atoms with Crippen LogP contribution in [-0.2, 0) is 0 Å². The number of rotatable bonds is 6. The Morgan fingerprint density at radius 3 is 2.70 bits per heavy atom. The average molecular weight is 373 g/mol. The van der Waals surface area contributed by atoms with E-state index in [1.54, 1.807) is 37.1 Å².